The number of ether oxygens (including phenoxy) is 1. The largest absolute Gasteiger partial charge is 0.479 e. The highest BCUT2D eigenvalue weighted by Crippen LogP contribution is 2.17. The molecule has 80 valence electrons. The van der Waals surface area contributed by atoms with E-state index in [0.717, 1.165) is 12.3 Å². The fraction of sp³-hybridized carbons (Fsp3) is 0.417. The molecule has 1 N–H and O–H groups in total. The Bertz CT molecular complexity index is 326. The lowest BCUT2D eigenvalue weighted by molar-refractivity contribution is 0.368. The van der Waals surface area contributed by atoms with Gasteiger partial charge in [-0.2, -0.15) is 5.26 Å². The molecule has 3 heteroatoms. The molecule has 1 aromatic carbocycles. The number of benzene rings is 1. The van der Waals surface area contributed by atoms with E-state index in [4.69, 9.17) is 10.00 Å². The van der Waals surface area contributed by atoms with E-state index in [9.17, 15) is 0 Å². The van der Waals surface area contributed by atoms with Crippen LogP contribution in [0.3, 0.4) is 0 Å². The molecule has 1 atom stereocenters. The predicted molar refractivity (Wildman–Crippen MR) is 59.6 cm³/mol. The molecule has 0 aliphatic carbocycles. The number of hydrogen-bond acceptors (Lipinski definition) is 3. The van der Waals surface area contributed by atoms with Crippen LogP contribution in [0.2, 0.25) is 0 Å². The minimum absolute atomic E-state index is 0.0993. The molecule has 0 fully saturated rings. The summed E-state index contributed by atoms with van der Waals surface area (Å²) in [6, 6.07) is 10.1. The molecule has 0 aliphatic rings. The van der Waals surface area contributed by atoms with Crippen LogP contribution in [0, 0.1) is 11.3 Å². The molecule has 0 radical (unpaired) electrons. The summed E-state index contributed by atoms with van der Waals surface area (Å²) in [4.78, 5) is 0. The van der Waals surface area contributed by atoms with Gasteiger partial charge in [-0.15, -0.1) is 0 Å². The quantitative estimate of drug-likeness (QED) is 0.800. The van der Waals surface area contributed by atoms with Crippen molar-refractivity contribution >= 4 is 0 Å². The van der Waals surface area contributed by atoms with Crippen molar-refractivity contribution in [2.24, 2.45) is 0 Å². The molecule has 0 aliphatic heterocycles. The van der Waals surface area contributed by atoms with Crippen LogP contribution in [0.5, 0.6) is 5.75 Å². The summed E-state index contributed by atoms with van der Waals surface area (Å²) in [5.41, 5.74) is 1.22. The highest BCUT2D eigenvalue weighted by atomic mass is 16.5. The second-order valence-electron chi connectivity index (χ2n) is 3.30. The Morgan fingerprint density at radius 2 is 2.07 bits per heavy atom. The lowest BCUT2D eigenvalue weighted by Crippen LogP contribution is -2.17. The van der Waals surface area contributed by atoms with Crippen molar-refractivity contribution in [3.63, 3.8) is 0 Å². The molecule has 0 saturated heterocycles. The summed E-state index contributed by atoms with van der Waals surface area (Å²) in [6.07, 6.45) is 0. The minimum atomic E-state index is 0.0993. The van der Waals surface area contributed by atoms with E-state index in [1.165, 1.54) is 5.56 Å². The van der Waals surface area contributed by atoms with Gasteiger partial charge in [0.2, 0.25) is 0 Å². The Kier molecular flexibility index (Phi) is 4.65. The van der Waals surface area contributed by atoms with Gasteiger partial charge in [0.15, 0.2) is 6.61 Å². The zero-order valence-electron chi connectivity index (χ0n) is 9.16. The molecule has 0 saturated carbocycles. The summed E-state index contributed by atoms with van der Waals surface area (Å²) in [7, 11) is 0. The van der Waals surface area contributed by atoms with Crippen molar-refractivity contribution in [3.05, 3.63) is 29.8 Å². The average Bonchev–Trinajstić information content (AvgIpc) is 2.27. The van der Waals surface area contributed by atoms with Gasteiger partial charge >= 0.3 is 0 Å². The Labute approximate surface area is 90.7 Å². The van der Waals surface area contributed by atoms with Gasteiger partial charge in [0, 0.05) is 6.04 Å². The van der Waals surface area contributed by atoms with Gasteiger partial charge < -0.3 is 10.1 Å². The Morgan fingerprint density at radius 1 is 1.40 bits per heavy atom. The fourth-order valence-electron chi connectivity index (χ4n) is 1.39. The first-order valence-corrected chi connectivity index (χ1v) is 5.11. The molecular weight excluding hydrogens is 188 g/mol. The first-order chi connectivity index (χ1) is 7.27. The minimum Gasteiger partial charge on any atom is -0.479 e. The molecule has 0 amide bonds. The smallest absolute Gasteiger partial charge is 0.174 e. The molecule has 1 aromatic rings. The SMILES string of the molecule is CCNC(C)c1ccc(OCC#N)cc1. The van der Waals surface area contributed by atoms with E-state index in [1.807, 2.05) is 30.3 Å². The summed E-state index contributed by atoms with van der Waals surface area (Å²) in [6.45, 7) is 5.26. The molecule has 1 rings (SSSR count). The summed E-state index contributed by atoms with van der Waals surface area (Å²) in [5, 5.41) is 11.7. The zero-order chi connectivity index (χ0) is 11.1. The van der Waals surface area contributed by atoms with Crippen LogP contribution in [0.25, 0.3) is 0 Å². The average molecular weight is 204 g/mol. The number of hydrogen-bond donors (Lipinski definition) is 1. The van der Waals surface area contributed by atoms with E-state index < -0.39 is 0 Å². The third kappa shape index (κ3) is 3.61. The number of nitrogens with one attached hydrogen (secondary N) is 1. The fourth-order valence-corrected chi connectivity index (χ4v) is 1.39. The van der Waals surface area contributed by atoms with E-state index in [0.29, 0.717) is 6.04 Å². The molecule has 15 heavy (non-hydrogen) atoms. The van der Waals surface area contributed by atoms with Crippen LogP contribution in [-0.4, -0.2) is 13.2 Å². The lowest BCUT2D eigenvalue weighted by atomic mass is 10.1. The summed E-state index contributed by atoms with van der Waals surface area (Å²) >= 11 is 0. The van der Waals surface area contributed by atoms with Gasteiger partial charge in [-0.05, 0) is 31.2 Å². The Morgan fingerprint density at radius 3 is 2.60 bits per heavy atom. The standard InChI is InChI=1S/C12H16N2O/c1-3-14-10(2)11-4-6-12(7-5-11)15-9-8-13/h4-7,10,14H,3,9H2,1-2H3. The van der Waals surface area contributed by atoms with Crippen LogP contribution >= 0.6 is 0 Å². The van der Waals surface area contributed by atoms with Gasteiger partial charge in [-0.25, -0.2) is 0 Å². The van der Waals surface area contributed by atoms with Crippen molar-refractivity contribution in [1.82, 2.24) is 5.32 Å². The summed E-state index contributed by atoms with van der Waals surface area (Å²) in [5.74, 6) is 0.740. The highest BCUT2D eigenvalue weighted by molar-refractivity contribution is 5.29. The van der Waals surface area contributed by atoms with Gasteiger partial charge in [0.25, 0.3) is 0 Å². The lowest BCUT2D eigenvalue weighted by Gasteiger charge is -2.12. The number of nitriles is 1. The normalized spacial score (nSPS) is 11.8. The second kappa shape index (κ2) is 6.05. The van der Waals surface area contributed by atoms with Crippen LogP contribution in [0.4, 0.5) is 0 Å². The maximum Gasteiger partial charge on any atom is 0.174 e. The number of nitrogens with zero attached hydrogens (tertiary/aromatic N) is 1. The van der Waals surface area contributed by atoms with E-state index >= 15 is 0 Å². The Balaban J connectivity index is 2.60. The molecular formula is C12H16N2O. The van der Waals surface area contributed by atoms with Gasteiger partial charge in [0.1, 0.15) is 11.8 Å². The molecule has 0 spiro atoms. The van der Waals surface area contributed by atoms with Gasteiger partial charge in [-0.3, -0.25) is 0 Å². The van der Waals surface area contributed by atoms with E-state index in [-0.39, 0.29) is 6.61 Å². The molecule has 0 heterocycles. The van der Waals surface area contributed by atoms with Crippen molar-refractivity contribution in [2.75, 3.05) is 13.2 Å². The monoisotopic (exact) mass is 204 g/mol. The first-order valence-electron chi connectivity index (χ1n) is 5.11. The third-order valence-electron chi connectivity index (χ3n) is 2.19. The van der Waals surface area contributed by atoms with Crippen LogP contribution in [-0.2, 0) is 0 Å². The predicted octanol–water partition coefficient (Wildman–Crippen LogP) is 2.26. The van der Waals surface area contributed by atoms with Crippen molar-refractivity contribution < 1.29 is 4.74 Å². The first kappa shape index (κ1) is 11.5. The second-order valence-corrected chi connectivity index (χ2v) is 3.30. The third-order valence-corrected chi connectivity index (χ3v) is 2.19. The van der Waals surface area contributed by atoms with Crippen LogP contribution < -0.4 is 10.1 Å². The highest BCUT2D eigenvalue weighted by Gasteiger charge is 2.02. The molecule has 0 aromatic heterocycles. The maximum atomic E-state index is 8.36. The van der Waals surface area contributed by atoms with Gasteiger partial charge in [0.05, 0.1) is 0 Å². The van der Waals surface area contributed by atoms with Crippen LogP contribution in [0.1, 0.15) is 25.5 Å². The molecule has 3 nitrogen and oxygen atoms in total. The van der Waals surface area contributed by atoms with Crippen molar-refractivity contribution in [3.8, 4) is 11.8 Å². The Hall–Kier alpha value is -1.53. The van der Waals surface area contributed by atoms with Crippen LogP contribution in [0.15, 0.2) is 24.3 Å². The number of rotatable bonds is 5. The maximum absolute atomic E-state index is 8.36. The zero-order valence-corrected chi connectivity index (χ0v) is 9.16. The molecule has 1 unspecified atom stereocenters. The topological polar surface area (TPSA) is 45.0 Å². The summed E-state index contributed by atoms with van der Waals surface area (Å²) < 4.78 is 5.17. The van der Waals surface area contributed by atoms with E-state index in [2.05, 4.69) is 19.2 Å². The van der Waals surface area contributed by atoms with Gasteiger partial charge in [-0.1, -0.05) is 19.1 Å². The van der Waals surface area contributed by atoms with Crippen molar-refractivity contribution in [1.29, 1.82) is 5.26 Å². The van der Waals surface area contributed by atoms with Crippen molar-refractivity contribution in [2.45, 2.75) is 19.9 Å². The van der Waals surface area contributed by atoms with E-state index in [1.54, 1.807) is 0 Å². The molecule has 0 bridgehead atoms.